The normalized spacial score (nSPS) is 22.5. The van der Waals surface area contributed by atoms with Gasteiger partial charge in [0.05, 0.1) is 12.6 Å². The van der Waals surface area contributed by atoms with E-state index in [9.17, 15) is 4.79 Å². The molecule has 0 bridgehead atoms. The van der Waals surface area contributed by atoms with Crippen molar-refractivity contribution in [1.82, 2.24) is 5.32 Å². The molecule has 1 heterocycles. The molecule has 0 unspecified atom stereocenters. The minimum Gasteiger partial charge on any atom is -0.444 e. The number of cyclic esters (lactones) is 1. The fourth-order valence-electron chi connectivity index (χ4n) is 2.37. The Morgan fingerprint density at radius 1 is 1.18 bits per heavy atom. The Bertz CT molecular complexity index is 352. The lowest BCUT2D eigenvalue weighted by Crippen LogP contribution is -2.46. The first-order valence-electron chi connectivity index (χ1n) is 8.78. The Morgan fingerprint density at radius 2 is 1.82 bits per heavy atom. The van der Waals surface area contributed by atoms with Crippen molar-refractivity contribution < 1.29 is 14.0 Å². The second kappa shape index (κ2) is 8.34. The summed E-state index contributed by atoms with van der Waals surface area (Å²) in [6.45, 7) is 14.0. The number of ether oxygens (including phenoxy) is 1. The summed E-state index contributed by atoms with van der Waals surface area (Å²) in [4.78, 5) is 11.5. The molecule has 1 N–H and O–H groups in total. The molecule has 2 atom stereocenters. The molecule has 0 aromatic heterocycles. The number of carbonyl (C=O) groups excluding carboxylic acids is 1. The molecular formula is C17H35NO3Si. The van der Waals surface area contributed by atoms with Crippen LogP contribution in [0.25, 0.3) is 0 Å². The van der Waals surface area contributed by atoms with E-state index in [4.69, 9.17) is 9.16 Å². The molecular weight excluding hydrogens is 294 g/mol. The van der Waals surface area contributed by atoms with Gasteiger partial charge in [-0.2, -0.15) is 0 Å². The highest BCUT2D eigenvalue weighted by Crippen LogP contribution is 2.36. The fourth-order valence-corrected chi connectivity index (χ4v) is 3.40. The van der Waals surface area contributed by atoms with E-state index in [0.717, 1.165) is 12.8 Å². The minimum atomic E-state index is -1.78. The summed E-state index contributed by atoms with van der Waals surface area (Å²) in [5.41, 5.74) is 0. The van der Waals surface area contributed by atoms with E-state index in [1.54, 1.807) is 0 Å². The van der Waals surface area contributed by atoms with Crippen LogP contribution in [0.4, 0.5) is 4.79 Å². The van der Waals surface area contributed by atoms with Crippen LogP contribution in [-0.4, -0.2) is 33.2 Å². The van der Waals surface area contributed by atoms with Crippen LogP contribution in [0.5, 0.6) is 0 Å². The maximum absolute atomic E-state index is 11.5. The first-order valence-corrected chi connectivity index (χ1v) is 11.7. The summed E-state index contributed by atoms with van der Waals surface area (Å²) >= 11 is 0. The van der Waals surface area contributed by atoms with Crippen molar-refractivity contribution in [3.8, 4) is 0 Å². The zero-order chi connectivity index (χ0) is 16.8. The number of rotatable bonds is 9. The molecule has 1 aliphatic heterocycles. The van der Waals surface area contributed by atoms with E-state index < -0.39 is 8.32 Å². The summed E-state index contributed by atoms with van der Waals surface area (Å²) in [5.74, 6) is 0. The average Bonchev–Trinajstić information content (AvgIpc) is 2.75. The van der Waals surface area contributed by atoms with Crippen molar-refractivity contribution in [2.45, 2.75) is 96.5 Å². The lowest BCUT2D eigenvalue weighted by Gasteiger charge is -2.37. The SMILES string of the molecule is CCCCCCC[C@H]1OC(=O)N[C@H]1CO[Si](C)(C)C(C)(C)C. The molecule has 5 heteroatoms. The van der Waals surface area contributed by atoms with Gasteiger partial charge in [0.1, 0.15) is 6.10 Å². The second-order valence-corrected chi connectivity index (χ2v) is 12.8. The van der Waals surface area contributed by atoms with E-state index in [1.165, 1.54) is 25.7 Å². The predicted molar refractivity (Wildman–Crippen MR) is 93.7 cm³/mol. The van der Waals surface area contributed by atoms with E-state index >= 15 is 0 Å². The first-order chi connectivity index (χ1) is 10.2. The smallest absolute Gasteiger partial charge is 0.407 e. The molecule has 4 nitrogen and oxygen atoms in total. The van der Waals surface area contributed by atoms with Crippen LogP contribution in [0, 0.1) is 0 Å². The summed E-state index contributed by atoms with van der Waals surface area (Å²) in [6, 6.07) is 0.00722. The Hall–Kier alpha value is -0.553. The lowest BCUT2D eigenvalue weighted by molar-refractivity contribution is 0.112. The van der Waals surface area contributed by atoms with Crippen molar-refractivity contribution in [2.75, 3.05) is 6.61 Å². The lowest BCUT2D eigenvalue weighted by atomic mass is 10.0. The molecule has 22 heavy (non-hydrogen) atoms. The van der Waals surface area contributed by atoms with Crippen molar-refractivity contribution in [1.29, 1.82) is 0 Å². The molecule has 0 aliphatic carbocycles. The zero-order valence-corrected chi connectivity index (χ0v) is 16.3. The van der Waals surface area contributed by atoms with Crippen molar-refractivity contribution in [2.24, 2.45) is 0 Å². The van der Waals surface area contributed by atoms with Crippen LogP contribution >= 0.6 is 0 Å². The monoisotopic (exact) mass is 329 g/mol. The standard InChI is InChI=1S/C17H35NO3Si/c1-7-8-9-10-11-12-15-14(18-16(19)21-15)13-20-22(5,6)17(2,3)4/h14-15H,7-13H2,1-6H3,(H,18,19)/t14-,15+/m0/s1. The molecule has 1 amide bonds. The molecule has 0 radical (unpaired) electrons. The number of amides is 1. The summed E-state index contributed by atoms with van der Waals surface area (Å²) in [5, 5.41) is 3.10. The van der Waals surface area contributed by atoms with Gasteiger partial charge >= 0.3 is 6.09 Å². The molecule has 1 rings (SSSR count). The minimum absolute atomic E-state index is 0.00722. The molecule has 1 aliphatic rings. The number of alkyl carbamates (subject to hydrolysis) is 1. The van der Waals surface area contributed by atoms with Gasteiger partial charge in [-0.05, 0) is 31.0 Å². The number of hydrogen-bond acceptors (Lipinski definition) is 3. The first kappa shape index (κ1) is 19.5. The van der Waals surface area contributed by atoms with Crippen LogP contribution in [0.3, 0.4) is 0 Å². The van der Waals surface area contributed by atoms with Crippen LogP contribution in [0.2, 0.25) is 18.1 Å². The average molecular weight is 330 g/mol. The largest absolute Gasteiger partial charge is 0.444 e. The van der Waals surface area contributed by atoms with Crippen LogP contribution < -0.4 is 5.32 Å². The third-order valence-electron chi connectivity index (χ3n) is 5.03. The van der Waals surface area contributed by atoms with Crippen LogP contribution in [0.15, 0.2) is 0 Å². The number of nitrogens with one attached hydrogen (secondary N) is 1. The Morgan fingerprint density at radius 3 is 2.41 bits per heavy atom. The van der Waals surface area contributed by atoms with Gasteiger partial charge in [-0.3, -0.25) is 0 Å². The third-order valence-corrected chi connectivity index (χ3v) is 9.53. The van der Waals surface area contributed by atoms with Gasteiger partial charge in [0.15, 0.2) is 8.32 Å². The number of hydrogen-bond donors (Lipinski definition) is 1. The molecule has 1 fully saturated rings. The summed E-state index contributed by atoms with van der Waals surface area (Å²) in [7, 11) is -1.78. The van der Waals surface area contributed by atoms with Gasteiger partial charge in [0, 0.05) is 0 Å². The molecule has 0 saturated carbocycles. The van der Waals surface area contributed by atoms with Crippen molar-refractivity contribution in [3.63, 3.8) is 0 Å². The van der Waals surface area contributed by atoms with Gasteiger partial charge in [0.2, 0.25) is 0 Å². The molecule has 0 aromatic rings. The zero-order valence-electron chi connectivity index (χ0n) is 15.3. The maximum atomic E-state index is 11.5. The van der Waals surface area contributed by atoms with Gasteiger partial charge in [0.25, 0.3) is 0 Å². The molecule has 0 aromatic carbocycles. The maximum Gasteiger partial charge on any atom is 0.407 e. The van der Waals surface area contributed by atoms with Crippen LogP contribution in [-0.2, 0) is 9.16 Å². The summed E-state index contributed by atoms with van der Waals surface area (Å²) < 4.78 is 11.7. The van der Waals surface area contributed by atoms with E-state index in [0.29, 0.717) is 6.61 Å². The Balaban J connectivity index is 2.41. The number of unbranched alkanes of at least 4 members (excludes halogenated alkanes) is 4. The van der Waals surface area contributed by atoms with E-state index in [1.807, 2.05) is 0 Å². The van der Waals surface area contributed by atoms with Gasteiger partial charge < -0.3 is 14.5 Å². The Kier molecular flexibility index (Phi) is 7.39. The van der Waals surface area contributed by atoms with Gasteiger partial charge in [-0.15, -0.1) is 0 Å². The molecule has 1 saturated heterocycles. The second-order valence-electron chi connectivity index (χ2n) is 7.97. The quantitative estimate of drug-likeness (QED) is 0.486. The Labute approximate surface area is 137 Å². The van der Waals surface area contributed by atoms with Gasteiger partial charge in [-0.25, -0.2) is 4.79 Å². The predicted octanol–water partition coefficient (Wildman–Crippen LogP) is 4.85. The van der Waals surface area contributed by atoms with E-state index in [2.05, 4.69) is 46.1 Å². The third kappa shape index (κ3) is 5.92. The van der Waals surface area contributed by atoms with Crippen molar-refractivity contribution in [3.05, 3.63) is 0 Å². The molecule has 0 spiro atoms. The van der Waals surface area contributed by atoms with Gasteiger partial charge in [-0.1, -0.05) is 53.4 Å². The van der Waals surface area contributed by atoms with Crippen LogP contribution in [0.1, 0.15) is 66.2 Å². The highest BCUT2D eigenvalue weighted by Gasteiger charge is 2.40. The highest BCUT2D eigenvalue weighted by atomic mass is 28.4. The highest BCUT2D eigenvalue weighted by molar-refractivity contribution is 6.74. The van der Waals surface area contributed by atoms with E-state index in [-0.39, 0.29) is 23.3 Å². The topological polar surface area (TPSA) is 47.6 Å². The summed E-state index contributed by atoms with van der Waals surface area (Å²) in [6.07, 6.45) is 6.78. The number of carbonyl (C=O) groups is 1. The fraction of sp³-hybridized carbons (Fsp3) is 0.941. The molecule has 130 valence electrons. The van der Waals surface area contributed by atoms with Crippen molar-refractivity contribution >= 4 is 14.4 Å².